The van der Waals surface area contributed by atoms with E-state index in [1.165, 1.54) is 40.6 Å². The average Bonchev–Trinajstić information content (AvgIpc) is 2.38. The minimum Gasteiger partial charge on any atom is -0.337 e. The van der Waals surface area contributed by atoms with E-state index in [-0.39, 0.29) is 37.4 Å². The standard InChI is InChI=1S/C12H21N3O4S/c1-13(5-6-16)10(17)7-14(2)11(18)8-15(3)12(19)9-20-4/h6H,5,7-9H2,1-4H3. The van der Waals surface area contributed by atoms with Crippen molar-refractivity contribution in [3.8, 4) is 0 Å². The number of nitrogens with zero attached hydrogens (tertiary/aromatic N) is 3. The molecule has 0 bridgehead atoms. The lowest BCUT2D eigenvalue weighted by molar-refractivity contribution is -0.141. The minimum absolute atomic E-state index is 0.00697. The highest BCUT2D eigenvalue weighted by molar-refractivity contribution is 7.99. The van der Waals surface area contributed by atoms with E-state index in [1.54, 1.807) is 13.3 Å². The van der Waals surface area contributed by atoms with Crippen molar-refractivity contribution in [3.05, 3.63) is 0 Å². The van der Waals surface area contributed by atoms with Crippen LogP contribution in [0, 0.1) is 0 Å². The van der Waals surface area contributed by atoms with Crippen LogP contribution in [-0.2, 0) is 19.2 Å². The molecule has 8 heteroatoms. The third-order valence-corrected chi connectivity index (χ3v) is 3.17. The first-order valence-electron chi connectivity index (χ1n) is 5.98. The molecular weight excluding hydrogens is 282 g/mol. The molecule has 0 heterocycles. The van der Waals surface area contributed by atoms with Gasteiger partial charge in [0.15, 0.2) is 0 Å². The first-order valence-corrected chi connectivity index (χ1v) is 7.37. The fourth-order valence-corrected chi connectivity index (χ4v) is 1.74. The summed E-state index contributed by atoms with van der Waals surface area (Å²) in [6.07, 6.45) is 2.43. The smallest absolute Gasteiger partial charge is 0.242 e. The molecule has 0 aromatic heterocycles. The largest absolute Gasteiger partial charge is 0.337 e. The molecule has 0 spiro atoms. The molecule has 20 heavy (non-hydrogen) atoms. The van der Waals surface area contributed by atoms with Gasteiger partial charge in [0.1, 0.15) is 6.29 Å². The Hall–Kier alpha value is -1.57. The monoisotopic (exact) mass is 303 g/mol. The van der Waals surface area contributed by atoms with E-state index < -0.39 is 0 Å². The maximum Gasteiger partial charge on any atom is 0.242 e. The Kier molecular flexibility index (Phi) is 8.62. The van der Waals surface area contributed by atoms with Gasteiger partial charge in [-0.3, -0.25) is 14.4 Å². The zero-order chi connectivity index (χ0) is 15.7. The van der Waals surface area contributed by atoms with Gasteiger partial charge in [-0.15, -0.1) is 0 Å². The van der Waals surface area contributed by atoms with E-state index >= 15 is 0 Å². The number of hydrogen-bond acceptors (Lipinski definition) is 5. The Balaban J connectivity index is 4.31. The quantitative estimate of drug-likeness (QED) is 0.533. The molecule has 0 saturated heterocycles. The summed E-state index contributed by atoms with van der Waals surface area (Å²) >= 11 is 1.38. The molecule has 0 aliphatic rings. The summed E-state index contributed by atoms with van der Waals surface area (Å²) in [7, 11) is 4.52. The van der Waals surface area contributed by atoms with Crippen LogP contribution in [0.2, 0.25) is 0 Å². The molecule has 0 saturated carbocycles. The number of rotatable bonds is 8. The highest BCUT2D eigenvalue weighted by Crippen LogP contribution is 1.97. The Bertz CT molecular complexity index is 376. The summed E-state index contributed by atoms with van der Waals surface area (Å²) < 4.78 is 0. The molecule has 114 valence electrons. The SMILES string of the molecule is CSCC(=O)N(C)CC(=O)N(C)CC(=O)N(C)CC=O. The number of hydrogen-bond donors (Lipinski definition) is 0. The van der Waals surface area contributed by atoms with Crippen molar-refractivity contribution in [2.45, 2.75) is 0 Å². The lowest BCUT2D eigenvalue weighted by atomic mass is 10.4. The third-order valence-electron chi connectivity index (χ3n) is 2.64. The first-order chi connectivity index (χ1) is 9.33. The van der Waals surface area contributed by atoms with Gasteiger partial charge in [0.2, 0.25) is 17.7 Å². The van der Waals surface area contributed by atoms with E-state index in [4.69, 9.17) is 0 Å². The van der Waals surface area contributed by atoms with Gasteiger partial charge in [-0.25, -0.2) is 0 Å². The summed E-state index contributed by atoms with van der Waals surface area (Å²) in [5.41, 5.74) is 0. The van der Waals surface area contributed by atoms with Crippen LogP contribution in [0.3, 0.4) is 0 Å². The second kappa shape index (κ2) is 9.35. The van der Waals surface area contributed by atoms with E-state index in [2.05, 4.69) is 0 Å². The zero-order valence-electron chi connectivity index (χ0n) is 12.3. The molecule has 7 nitrogen and oxygen atoms in total. The van der Waals surface area contributed by atoms with Gasteiger partial charge in [-0.2, -0.15) is 11.8 Å². The van der Waals surface area contributed by atoms with Crippen molar-refractivity contribution in [1.29, 1.82) is 0 Å². The summed E-state index contributed by atoms with van der Waals surface area (Å²) in [6.45, 7) is -0.193. The van der Waals surface area contributed by atoms with Crippen LogP contribution < -0.4 is 0 Å². The summed E-state index contributed by atoms with van der Waals surface area (Å²) in [6, 6.07) is 0. The van der Waals surface area contributed by atoms with Gasteiger partial charge < -0.3 is 19.5 Å². The van der Waals surface area contributed by atoms with Crippen molar-refractivity contribution in [2.24, 2.45) is 0 Å². The first kappa shape index (κ1) is 18.4. The van der Waals surface area contributed by atoms with E-state index in [1.807, 2.05) is 0 Å². The van der Waals surface area contributed by atoms with Crippen LogP contribution in [0.15, 0.2) is 0 Å². The predicted octanol–water partition coefficient (Wildman–Crippen LogP) is -1.08. The number of amides is 3. The maximum absolute atomic E-state index is 11.9. The average molecular weight is 303 g/mol. The number of carbonyl (C=O) groups excluding carboxylic acids is 4. The van der Waals surface area contributed by atoms with Gasteiger partial charge in [0, 0.05) is 21.1 Å². The molecular formula is C12H21N3O4S. The van der Waals surface area contributed by atoms with Crippen molar-refractivity contribution in [2.75, 3.05) is 52.8 Å². The number of aldehydes is 1. The lowest BCUT2D eigenvalue weighted by Gasteiger charge is -2.23. The molecule has 0 aromatic rings. The lowest BCUT2D eigenvalue weighted by Crippen LogP contribution is -2.44. The Morgan fingerprint density at radius 2 is 1.35 bits per heavy atom. The van der Waals surface area contributed by atoms with E-state index in [0.717, 1.165) is 0 Å². The fourth-order valence-electron chi connectivity index (χ4n) is 1.27. The van der Waals surface area contributed by atoms with Crippen LogP contribution in [0.4, 0.5) is 0 Å². The fraction of sp³-hybridized carbons (Fsp3) is 0.667. The van der Waals surface area contributed by atoms with Crippen LogP contribution in [0.1, 0.15) is 0 Å². The highest BCUT2D eigenvalue weighted by Gasteiger charge is 2.18. The Morgan fingerprint density at radius 3 is 1.80 bits per heavy atom. The summed E-state index contributed by atoms with van der Waals surface area (Å²) in [5, 5.41) is 0. The topological polar surface area (TPSA) is 78.0 Å². The molecule has 0 aromatic carbocycles. The van der Waals surface area contributed by atoms with Crippen molar-refractivity contribution in [3.63, 3.8) is 0 Å². The van der Waals surface area contributed by atoms with Crippen LogP contribution in [0.5, 0.6) is 0 Å². The zero-order valence-corrected chi connectivity index (χ0v) is 13.1. The molecule has 0 radical (unpaired) electrons. The molecule has 3 amide bonds. The van der Waals surface area contributed by atoms with Crippen LogP contribution in [-0.4, -0.2) is 91.5 Å². The van der Waals surface area contributed by atoms with E-state index in [0.29, 0.717) is 12.0 Å². The molecule has 0 N–H and O–H groups in total. The molecule has 0 aliphatic carbocycles. The molecule has 0 atom stereocenters. The third kappa shape index (κ3) is 6.55. The van der Waals surface area contributed by atoms with E-state index in [9.17, 15) is 19.2 Å². The normalized spacial score (nSPS) is 9.80. The van der Waals surface area contributed by atoms with Crippen LogP contribution in [0.25, 0.3) is 0 Å². The molecule has 0 fully saturated rings. The van der Waals surface area contributed by atoms with Gasteiger partial charge in [-0.1, -0.05) is 0 Å². The van der Waals surface area contributed by atoms with Gasteiger partial charge in [0.25, 0.3) is 0 Å². The van der Waals surface area contributed by atoms with Crippen molar-refractivity contribution >= 4 is 35.8 Å². The number of carbonyl (C=O) groups is 4. The van der Waals surface area contributed by atoms with Gasteiger partial charge >= 0.3 is 0 Å². The molecule has 0 aliphatic heterocycles. The second-order valence-electron chi connectivity index (χ2n) is 4.37. The molecule has 0 rings (SSSR count). The highest BCUT2D eigenvalue weighted by atomic mass is 32.2. The Morgan fingerprint density at radius 1 is 0.900 bits per heavy atom. The molecule has 0 unspecified atom stereocenters. The van der Waals surface area contributed by atoms with Gasteiger partial charge in [-0.05, 0) is 6.26 Å². The summed E-state index contributed by atoms with van der Waals surface area (Å²) in [4.78, 5) is 49.2. The minimum atomic E-state index is -0.328. The second-order valence-corrected chi connectivity index (χ2v) is 5.24. The number of likely N-dealkylation sites (N-methyl/N-ethyl adjacent to an activating group) is 3. The maximum atomic E-state index is 11.9. The number of thioether (sulfide) groups is 1. The van der Waals surface area contributed by atoms with Crippen molar-refractivity contribution < 1.29 is 19.2 Å². The predicted molar refractivity (Wildman–Crippen MR) is 77.4 cm³/mol. The van der Waals surface area contributed by atoms with Gasteiger partial charge in [0.05, 0.1) is 25.4 Å². The van der Waals surface area contributed by atoms with Crippen LogP contribution >= 0.6 is 11.8 Å². The van der Waals surface area contributed by atoms with Crippen molar-refractivity contribution in [1.82, 2.24) is 14.7 Å². The Labute approximate surface area is 123 Å². The summed E-state index contributed by atoms with van der Waals surface area (Å²) in [5.74, 6) is -0.474.